The smallest absolute Gasteiger partial charge is 0.132 e. The van der Waals surface area contributed by atoms with Gasteiger partial charge in [0.05, 0.1) is 46.4 Å². The molecule has 3 rings (SSSR count). The van der Waals surface area contributed by atoms with Crippen molar-refractivity contribution in [2.45, 2.75) is 5.60 Å². The average Bonchev–Trinajstić information content (AvgIpc) is 2.86. The molecule has 1 unspecified atom stereocenters. The summed E-state index contributed by atoms with van der Waals surface area (Å²) in [5.74, 6) is 2.96. The molecule has 0 saturated heterocycles. The number of hydrogen-bond donors (Lipinski definition) is 1. The summed E-state index contributed by atoms with van der Waals surface area (Å²) in [6.07, 6.45) is 0.354. The number of ether oxygens (including phenoxy) is 5. The molecule has 6 nitrogen and oxygen atoms in total. The Morgan fingerprint density at radius 2 is 1.22 bits per heavy atom. The van der Waals surface area contributed by atoms with Crippen molar-refractivity contribution in [2.24, 2.45) is 0 Å². The number of benzene rings is 3. The average molecular weight is 456 g/mol. The normalized spacial score (nSPS) is 12.9. The Labute approximate surface area is 190 Å². The summed E-state index contributed by atoms with van der Waals surface area (Å²) in [4.78, 5) is 0. The number of hydrogen-bond acceptors (Lipinski definition) is 6. The lowest BCUT2D eigenvalue weighted by atomic mass is 9.86. The fourth-order valence-corrected chi connectivity index (χ4v) is 5.24. The Bertz CT molecular complexity index is 993. The molecular formula is C25H29O6P. The van der Waals surface area contributed by atoms with Gasteiger partial charge in [-0.1, -0.05) is 45.0 Å². The second kappa shape index (κ2) is 10.6. The maximum absolute atomic E-state index is 12.3. The Balaban J connectivity index is 2.17. The fourth-order valence-electron chi connectivity index (χ4n) is 3.70. The van der Waals surface area contributed by atoms with E-state index in [1.807, 2.05) is 48.5 Å². The first-order valence-electron chi connectivity index (χ1n) is 10.1. The van der Waals surface area contributed by atoms with Crippen LogP contribution in [-0.2, 0) is 5.60 Å². The van der Waals surface area contributed by atoms with Crippen molar-refractivity contribution in [3.8, 4) is 28.7 Å². The summed E-state index contributed by atoms with van der Waals surface area (Å²) < 4.78 is 27.9. The van der Waals surface area contributed by atoms with E-state index < -0.39 is 5.60 Å². The van der Waals surface area contributed by atoms with E-state index in [0.717, 1.165) is 10.9 Å². The van der Waals surface area contributed by atoms with Crippen LogP contribution in [0.3, 0.4) is 0 Å². The molecule has 1 N–H and O–H groups in total. The maximum Gasteiger partial charge on any atom is 0.132 e. The van der Waals surface area contributed by atoms with Gasteiger partial charge in [-0.25, -0.2) is 0 Å². The molecule has 7 heteroatoms. The number of rotatable bonds is 10. The first kappa shape index (κ1) is 23.7. The highest BCUT2D eigenvalue weighted by Crippen LogP contribution is 2.47. The van der Waals surface area contributed by atoms with Crippen molar-refractivity contribution in [2.75, 3.05) is 41.7 Å². The lowest BCUT2D eigenvalue weighted by Gasteiger charge is -2.32. The Kier molecular flexibility index (Phi) is 7.84. The summed E-state index contributed by atoms with van der Waals surface area (Å²) >= 11 is 0. The van der Waals surface area contributed by atoms with Gasteiger partial charge in [0.2, 0.25) is 0 Å². The topological polar surface area (TPSA) is 66.4 Å². The van der Waals surface area contributed by atoms with Crippen LogP contribution in [0.5, 0.6) is 28.7 Å². The molecule has 0 bridgehead atoms. The van der Waals surface area contributed by atoms with Crippen molar-refractivity contribution in [3.63, 3.8) is 0 Å². The molecule has 0 heterocycles. The molecule has 3 aromatic rings. The van der Waals surface area contributed by atoms with Crippen molar-refractivity contribution >= 4 is 13.9 Å². The SMILES string of the molecule is COc1cc(OC)c([C@](O)(CPc2c(OC)cccc2OC)c2ccccc2)c(OC)c1. The summed E-state index contributed by atoms with van der Waals surface area (Å²) in [5.41, 5.74) is -0.145. The minimum atomic E-state index is -1.41. The van der Waals surface area contributed by atoms with Crippen LogP contribution in [0.2, 0.25) is 0 Å². The van der Waals surface area contributed by atoms with E-state index in [1.165, 1.54) is 0 Å². The molecule has 170 valence electrons. The minimum Gasteiger partial charge on any atom is -0.496 e. The highest BCUT2D eigenvalue weighted by Gasteiger charge is 2.38. The zero-order chi connectivity index (χ0) is 23.1. The molecule has 0 aliphatic heterocycles. The third-order valence-electron chi connectivity index (χ3n) is 5.33. The van der Waals surface area contributed by atoms with Gasteiger partial charge >= 0.3 is 0 Å². The third-order valence-corrected chi connectivity index (χ3v) is 6.86. The molecule has 0 fully saturated rings. The van der Waals surface area contributed by atoms with Gasteiger partial charge in [-0.3, -0.25) is 0 Å². The van der Waals surface area contributed by atoms with Crippen molar-refractivity contribution in [1.82, 2.24) is 0 Å². The van der Waals surface area contributed by atoms with E-state index in [2.05, 4.69) is 0 Å². The van der Waals surface area contributed by atoms with E-state index in [-0.39, 0.29) is 8.58 Å². The molecule has 0 aromatic heterocycles. The quantitative estimate of drug-likeness (QED) is 0.466. The molecular weight excluding hydrogens is 427 g/mol. The van der Waals surface area contributed by atoms with Crippen LogP contribution < -0.4 is 29.0 Å². The van der Waals surface area contributed by atoms with Gasteiger partial charge in [0.25, 0.3) is 0 Å². The Morgan fingerprint density at radius 1 is 0.688 bits per heavy atom. The van der Waals surface area contributed by atoms with E-state index in [9.17, 15) is 5.11 Å². The lowest BCUT2D eigenvalue weighted by molar-refractivity contribution is 0.100. The Morgan fingerprint density at radius 3 is 1.69 bits per heavy atom. The van der Waals surface area contributed by atoms with E-state index >= 15 is 0 Å². The van der Waals surface area contributed by atoms with Gasteiger partial charge in [-0.2, -0.15) is 0 Å². The van der Waals surface area contributed by atoms with Crippen LogP contribution in [0.15, 0.2) is 60.7 Å². The zero-order valence-corrected chi connectivity index (χ0v) is 20.0. The number of aliphatic hydroxyl groups is 1. The second-order valence-electron chi connectivity index (χ2n) is 7.02. The highest BCUT2D eigenvalue weighted by atomic mass is 31.1. The fraction of sp³-hybridized carbons (Fsp3) is 0.280. The van der Waals surface area contributed by atoms with Gasteiger partial charge in [0.1, 0.15) is 34.3 Å². The summed E-state index contributed by atoms with van der Waals surface area (Å²) in [5, 5.41) is 13.2. The van der Waals surface area contributed by atoms with Crippen LogP contribution in [0.25, 0.3) is 0 Å². The molecule has 32 heavy (non-hydrogen) atoms. The largest absolute Gasteiger partial charge is 0.496 e. The summed E-state index contributed by atoms with van der Waals surface area (Å²) in [7, 11) is 8.13. The van der Waals surface area contributed by atoms with Crippen molar-refractivity contribution in [1.29, 1.82) is 0 Å². The van der Waals surface area contributed by atoms with E-state index in [4.69, 9.17) is 23.7 Å². The van der Waals surface area contributed by atoms with Gasteiger partial charge in [-0.15, -0.1) is 0 Å². The predicted octanol–water partition coefficient (Wildman–Crippen LogP) is 3.97. The van der Waals surface area contributed by atoms with Gasteiger partial charge in [0, 0.05) is 18.3 Å². The minimum absolute atomic E-state index is 0.169. The molecule has 0 aliphatic carbocycles. The summed E-state index contributed by atoms with van der Waals surface area (Å²) in [6, 6.07) is 18.7. The van der Waals surface area contributed by atoms with Crippen LogP contribution in [0, 0.1) is 0 Å². The Hall–Kier alpha value is -2.95. The van der Waals surface area contributed by atoms with Gasteiger partial charge in [-0.05, 0) is 17.7 Å². The van der Waals surface area contributed by atoms with E-state index in [1.54, 1.807) is 47.7 Å². The van der Waals surface area contributed by atoms with Crippen LogP contribution in [-0.4, -0.2) is 46.8 Å². The third kappa shape index (κ3) is 4.62. The molecule has 3 aromatic carbocycles. The molecule has 0 amide bonds. The van der Waals surface area contributed by atoms with Gasteiger partial charge in [0.15, 0.2) is 0 Å². The first-order valence-corrected chi connectivity index (χ1v) is 11.3. The molecule has 0 saturated carbocycles. The van der Waals surface area contributed by atoms with Crippen LogP contribution >= 0.6 is 8.58 Å². The number of methoxy groups -OCH3 is 5. The van der Waals surface area contributed by atoms with Crippen LogP contribution in [0.1, 0.15) is 11.1 Å². The zero-order valence-electron chi connectivity index (χ0n) is 19.0. The standard InChI is InChI=1S/C25H29O6P/c1-27-18-14-21(30-4)23(22(15-18)31-5)25(26,17-10-7-6-8-11-17)16-32-24-19(28-2)12-9-13-20(24)29-3/h6-15,26,32H,16H2,1-5H3/t25-/m0/s1. The lowest BCUT2D eigenvalue weighted by Crippen LogP contribution is -2.32. The molecule has 0 spiro atoms. The molecule has 0 aliphatic rings. The van der Waals surface area contributed by atoms with Gasteiger partial charge < -0.3 is 28.8 Å². The summed E-state index contributed by atoms with van der Waals surface area (Å²) in [6.45, 7) is 0. The molecule has 2 atom stereocenters. The maximum atomic E-state index is 12.3. The monoisotopic (exact) mass is 456 g/mol. The van der Waals surface area contributed by atoms with Crippen LogP contribution in [0.4, 0.5) is 0 Å². The second-order valence-corrected chi connectivity index (χ2v) is 8.23. The predicted molar refractivity (Wildman–Crippen MR) is 128 cm³/mol. The molecule has 0 radical (unpaired) electrons. The first-order chi connectivity index (χ1) is 15.5. The van der Waals surface area contributed by atoms with E-state index in [0.29, 0.717) is 40.5 Å². The van der Waals surface area contributed by atoms with Crippen molar-refractivity contribution < 1.29 is 28.8 Å². The highest BCUT2D eigenvalue weighted by molar-refractivity contribution is 7.47. The van der Waals surface area contributed by atoms with Crippen molar-refractivity contribution in [3.05, 3.63) is 71.8 Å².